The average molecular weight is 345 g/mol. The number of carbonyl (C=O) groups is 1. The zero-order chi connectivity index (χ0) is 17.3. The van der Waals surface area contributed by atoms with Crippen molar-refractivity contribution in [3.63, 3.8) is 0 Å². The Bertz CT molecular complexity index is 943. The fourth-order valence-corrected chi connectivity index (χ4v) is 2.71. The molecule has 0 aliphatic rings. The molecule has 2 aromatic heterocycles. The number of aromatic nitrogens is 3. The molecule has 0 aliphatic carbocycles. The lowest BCUT2D eigenvalue weighted by molar-refractivity contribution is -0.122. The van der Waals surface area contributed by atoms with Crippen LogP contribution in [0.5, 0.6) is 0 Å². The SMILES string of the molecule is Cc1ccc2cnn(CC(=O)N[C@@H](C)c3ccc(Cl)cc3)c(=O)n12. The van der Waals surface area contributed by atoms with Crippen LogP contribution in [-0.2, 0) is 11.3 Å². The van der Waals surface area contributed by atoms with Crippen LogP contribution in [0, 0.1) is 6.92 Å². The number of hydrogen-bond acceptors (Lipinski definition) is 3. The third kappa shape index (κ3) is 3.19. The summed E-state index contributed by atoms with van der Waals surface area (Å²) in [5, 5.41) is 7.56. The summed E-state index contributed by atoms with van der Waals surface area (Å²) in [6.45, 7) is 3.57. The molecule has 0 radical (unpaired) electrons. The molecule has 0 spiro atoms. The molecule has 3 aromatic rings. The van der Waals surface area contributed by atoms with Crippen LogP contribution in [0.25, 0.3) is 5.52 Å². The lowest BCUT2D eigenvalue weighted by atomic mass is 10.1. The second kappa shape index (κ2) is 6.49. The van der Waals surface area contributed by atoms with Gasteiger partial charge < -0.3 is 5.32 Å². The topological polar surface area (TPSA) is 68.4 Å². The average Bonchev–Trinajstić information content (AvgIpc) is 2.92. The molecule has 1 N–H and O–H groups in total. The summed E-state index contributed by atoms with van der Waals surface area (Å²) in [6.07, 6.45) is 1.57. The molecule has 1 aromatic carbocycles. The summed E-state index contributed by atoms with van der Waals surface area (Å²) in [5.74, 6) is -0.281. The fourth-order valence-electron chi connectivity index (χ4n) is 2.58. The van der Waals surface area contributed by atoms with Crippen LogP contribution in [0.2, 0.25) is 5.02 Å². The Morgan fingerprint density at radius 2 is 1.96 bits per heavy atom. The summed E-state index contributed by atoms with van der Waals surface area (Å²) < 4.78 is 2.69. The number of nitrogens with one attached hydrogen (secondary N) is 1. The molecule has 1 amide bonds. The number of rotatable bonds is 4. The van der Waals surface area contributed by atoms with Gasteiger partial charge in [0, 0.05) is 10.7 Å². The van der Waals surface area contributed by atoms with Gasteiger partial charge in [-0.3, -0.25) is 9.20 Å². The standard InChI is InChI=1S/C17H17ClN4O2/c1-11-3-8-15-9-19-21(17(24)22(11)15)10-16(23)20-12(2)13-4-6-14(18)7-5-13/h3-9,12H,10H2,1-2H3,(H,20,23)/t12-/m0/s1. The van der Waals surface area contributed by atoms with Gasteiger partial charge in [-0.2, -0.15) is 5.10 Å². The van der Waals surface area contributed by atoms with E-state index in [1.165, 1.54) is 4.40 Å². The highest BCUT2D eigenvalue weighted by Gasteiger charge is 2.13. The lowest BCUT2D eigenvalue weighted by Crippen LogP contribution is -2.37. The van der Waals surface area contributed by atoms with Crippen LogP contribution in [0.3, 0.4) is 0 Å². The highest BCUT2D eigenvalue weighted by molar-refractivity contribution is 6.30. The fraction of sp³-hybridized carbons (Fsp3) is 0.235. The normalized spacial score (nSPS) is 12.3. The van der Waals surface area contributed by atoms with Gasteiger partial charge in [-0.25, -0.2) is 9.48 Å². The molecule has 0 fully saturated rings. The van der Waals surface area contributed by atoms with Crippen molar-refractivity contribution in [2.24, 2.45) is 0 Å². The molecule has 0 saturated carbocycles. The Labute approximate surface area is 143 Å². The second-order valence-electron chi connectivity index (χ2n) is 5.66. The number of aryl methyl sites for hydroxylation is 1. The van der Waals surface area contributed by atoms with Gasteiger partial charge in [-0.1, -0.05) is 23.7 Å². The van der Waals surface area contributed by atoms with E-state index in [0.717, 1.165) is 15.9 Å². The van der Waals surface area contributed by atoms with Crippen molar-refractivity contribution in [3.8, 4) is 0 Å². The number of benzene rings is 1. The smallest absolute Gasteiger partial charge is 0.348 e. The van der Waals surface area contributed by atoms with Crippen molar-refractivity contribution < 1.29 is 4.79 Å². The van der Waals surface area contributed by atoms with Gasteiger partial charge in [0.25, 0.3) is 0 Å². The zero-order valence-electron chi connectivity index (χ0n) is 13.4. The monoisotopic (exact) mass is 344 g/mol. The maximum atomic E-state index is 12.4. The van der Waals surface area contributed by atoms with Crippen LogP contribution in [-0.4, -0.2) is 20.1 Å². The van der Waals surface area contributed by atoms with Crippen LogP contribution >= 0.6 is 11.6 Å². The molecule has 0 bridgehead atoms. The quantitative estimate of drug-likeness (QED) is 0.789. The van der Waals surface area contributed by atoms with E-state index in [9.17, 15) is 9.59 Å². The molecular formula is C17H17ClN4O2. The van der Waals surface area contributed by atoms with Gasteiger partial charge in [0.1, 0.15) is 6.54 Å². The lowest BCUT2D eigenvalue weighted by Gasteiger charge is -2.15. The first-order valence-electron chi connectivity index (χ1n) is 7.55. The Kier molecular flexibility index (Phi) is 4.40. The van der Waals surface area contributed by atoms with Gasteiger partial charge in [0.15, 0.2) is 0 Å². The van der Waals surface area contributed by atoms with E-state index < -0.39 is 0 Å². The summed E-state index contributed by atoms with van der Waals surface area (Å²) in [4.78, 5) is 24.6. The maximum Gasteiger partial charge on any atom is 0.349 e. The predicted octanol–water partition coefficient (Wildman–Crippen LogP) is 2.34. The molecule has 0 saturated heterocycles. The summed E-state index contributed by atoms with van der Waals surface area (Å²) in [7, 11) is 0. The molecular weight excluding hydrogens is 328 g/mol. The Morgan fingerprint density at radius 3 is 2.67 bits per heavy atom. The molecule has 0 unspecified atom stereocenters. The van der Waals surface area contributed by atoms with E-state index >= 15 is 0 Å². The minimum atomic E-state index is -0.329. The summed E-state index contributed by atoms with van der Waals surface area (Å²) in [5.41, 5.74) is 2.12. The third-order valence-electron chi connectivity index (χ3n) is 3.89. The predicted molar refractivity (Wildman–Crippen MR) is 92.2 cm³/mol. The first kappa shape index (κ1) is 16.3. The van der Waals surface area contributed by atoms with E-state index in [0.29, 0.717) is 10.5 Å². The van der Waals surface area contributed by atoms with Crippen molar-refractivity contribution in [1.29, 1.82) is 0 Å². The highest BCUT2D eigenvalue weighted by atomic mass is 35.5. The van der Waals surface area contributed by atoms with Crippen molar-refractivity contribution in [2.45, 2.75) is 26.4 Å². The van der Waals surface area contributed by atoms with Crippen molar-refractivity contribution in [2.75, 3.05) is 0 Å². The number of nitrogens with zero attached hydrogens (tertiary/aromatic N) is 3. The molecule has 3 rings (SSSR count). The summed E-state index contributed by atoms with van der Waals surface area (Å²) in [6, 6.07) is 10.7. The molecule has 1 atom stereocenters. The molecule has 124 valence electrons. The molecule has 2 heterocycles. The molecule has 7 heteroatoms. The maximum absolute atomic E-state index is 12.4. The van der Waals surface area contributed by atoms with Crippen LogP contribution < -0.4 is 11.0 Å². The minimum absolute atomic E-state index is 0.135. The van der Waals surface area contributed by atoms with Crippen LogP contribution in [0.4, 0.5) is 0 Å². The molecule has 6 nitrogen and oxygen atoms in total. The Morgan fingerprint density at radius 1 is 1.25 bits per heavy atom. The first-order chi connectivity index (χ1) is 11.5. The zero-order valence-corrected chi connectivity index (χ0v) is 14.1. The largest absolute Gasteiger partial charge is 0.349 e. The van der Waals surface area contributed by atoms with Crippen LogP contribution in [0.1, 0.15) is 24.2 Å². The van der Waals surface area contributed by atoms with Gasteiger partial charge >= 0.3 is 5.69 Å². The summed E-state index contributed by atoms with van der Waals surface area (Å²) >= 11 is 5.86. The van der Waals surface area contributed by atoms with Gasteiger partial charge in [-0.05, 0) is 43.7 Å². The van der Waals surface area contributed by atoms with Gasteiger partial charge in [0.05, 0.1) is 17.8 Å². The van der Waals surface area contributed by atoms with Crippen LogP contribution in [0.15, 0.2) is 47.4 Å². The van der Waals surface area contributed by atoms with E-state index in [-0.39, 0.29) is 24.2 Å². The highest BCUT2D eigenvalue weighted by Crippen LogP contribution is 2.15. The van der Waals surface area contributed by atoms with Gasteiger partial charge in [-0.15, -0.1) is 0 Å². The van der Waals surface area contributed by atoms with Crippen molar-refractivity contribution in [1.82, 2.24) is 19.5 Å². The second-order valence-corrected chi connectivity index (χ2v) is 6.10. The minimum Gasteiger partial charge on any atom is -0.348 e. The number of amides is 1. The van der Waals surface area contributed by atoms with Crippen molar-refractivity contribution in [3.05, 3.63) is 69.4 Å². The number of halogens is 1. The third-order valence-corrected chi connectivity index (χ3v) is 4.14. The first-order valence-corrected chi connectivity index (χ1v) is 7.92. The van der Waals surface area contributed by atoms with E-state index in [1.54, 1.807) is 18.3 Å². The Hall–Kier alpha value is -2.60. The van der Waals surface area contributed by atoms with E-state index in [2.05, 4.69) is 10.4 Å². The van der Waals surface area contributed by atoms with E-state index in [1.807, 2.05) is 38.1 Å². The molecule has 0 aliphatic heterocycles. The van der Waals surface area contributed by atoms with E-state index in [4.69, 9.17) is 11.6 Å². The number of hydrogen-bond donors (Lipinski definition) is 1. The Balaban J connectivity index is 1.75. The number of fused-ring (bicyclic) bond motifs is 1. The molecule has 24 heavy (non-hydrogen) atoms. The van der Waals surface area contributed by atoms with Gasteiger partial charge in [0.2, 0.25) is 5.91 Å². The number of carbonyl (C=O) groups excluding carboxylic acids is 1. The van der Waals surface area contributed by atoms with Crippen molar-refractivity contribution >= 4 is 23.0 Å².